The quantitative estimate of drug-likeness (QED) is 0.461. The highest BCUT2D eigenvalue weighted by Crippen LogP contribution is 2.27. The lowest BCUT2D eigenvalue weighted by Crippen LogP contribution is -2.29. The van der Waals surface area contributed by atoms with Crippen LogP contribution in [0.2, 0.25) is 10.0 Å². The molecule has 0 saturated carbocycles. The fourth-order valence-corrected chi connectivity index (χ4v) is 1.10. The van der Waals surface area contributed by atoms with Crippen LogP contribution in [0.15, 0.2) is 18.2 Å². The van der Waals surface area contributed by atoms with E-state index in [1.165, 1.54) is 6.07 Å². The van der Waals surface area contributed by atoms with Crippen molar-refractivity contribution in [3.63, 3.8) is 0 Å². The van der Waals surface area contributed by atoms with E-state index in [1.54, 1.807) is 26.0 Å². The Bertz CT molecular complexity index is 383. The molecule has 0 aliphatic heterocycles. The molecule has 0 saturated heterocycles. The van der Waals surface area contributed by atoms with Crippen molar-refractivity contribution in [3.8, 4) is 5.75 Å². The monoisotopic (exact) mass is 266 g/mol. The number of alkyl halides is 1. The minimum Gasteiger partial charge on any atom is -0.425 e. The van der Waals surface area contributed by atoms with Crippen LogP contribution in [0.1, 0.15) is 13.8 Å². The number of carbonyl (C=O) groups excluding carboxylic acids is 1. The molecule has 0 fully saturated rings. The average Bonchev–Trinajstić information content (AvgIpc) is 2.10. The minimum atomic E-state index is -1.06. The lowest BCUT2D eigenvalue weighted by Gasteiger charge is -2.14. The molecule has 82 valence electrons. The van der Waals surface area contributed by atoms with Crippen molar-refractivity contribution >= 4 is 40.8 Å². The summed E-state index contributed by atoms with van der Waals surface area (Å²) in [4.78, 5) is 10.3. The maximum atomic E-state index is 11.4. The molecule has 1 rings (SSSR count). The number of halogens is 3. The molecule has 0 atom stereocenters. The fraction of sp³-hybridized carbons (Fsp3) is 0.300. The van der Waals surface area contributed by atoms with Gasteiger partial charge in [0, 0.05) is 6.07 Å². The highest BCUT2D eigenvalue weighted by molar-refractivity contribution is 6.42. The molecule has 0 amide bonds. The van der Waals surface area contributed by atoms with E-state index in [1.807, 2.05) is 0 Å². The van der Waals surface area contributed by atoms with Crippen molar-refractivity contribution in [2.45, 2.75) is 18.7 Å². The van der Waals surface area contributed by atoms with Crippen LogP contribution < -0.4 is 4.74 Å². The van der Waals surface area contributed by atoms with Crippen LogP contribution in [0.5, 0.6) is 5.75 Å². The van der Waals surface area contributed by atoms with Gasteiger partial charge in [0.25, 0.3) is 0 Å². The molecule has 0 spiro atoms. The van der Waals surface area contributed by atoms with Gasteiger partial charge in [0.2, 0.25) is 0 Å². The van der Waals surface area contributed by atoms with Crippen LogP contribution in [0.3, 0.4) is 0 Å². The number of hydrogen-bond acceptors (Lipinski definition) is 2. The van der Waals surface area contributed by atoms with Crippen LogP contribution in [0, 0.1) is 0 Å². The van der Waals surface area contributed by atoms with Crippen molar-refractivity contribution < 1.29 is 9.53 Å². The second kappa shape index (κ2) is 4.60. The Morgan fingerprint density at radius 1 is 1.27 bits per heavy atom. The van der Waals surface area contributed by atoms with Crippen molar-refractivity contribution in [2.24, 2.45) is 0 Å². The van der Waals surface area contributed by atoms with Gasteiger partial charge in [-0.1, -0.05) is 23.2 Å². The van der Waals surface area contributed by atoms with E-state index >= 15 is 0 Å². The zero-order valence-electron chi connectivity index (χ0n) is 8.18. The summed E-state index contributed by atoms with van der Waals surface area (Å²) in [7, 11) is 0. The Labute approximate surface area is 103 Å². The van der Waals surface area contributed by atoms with Crippen LogP contribution in [-0.2, 0) is 4.79 Å². The van der Waals surface area contributed by atoms with Crippen LogP contribution in [-0.4, -0.2) is 10.8 Å². The number of esters is 1. The molecule has 2 nitrogen and oxygen atoms in total. The molecule has 0 bridgehead atoms. The van der Waals surface area contributed by atoms with Gasteiger partial charge in [0.1, 0.15) is 10.6 Å². The first-order chi connectivity index (χ1) is 6.80. The molecule has 0 radical (unpaired) electrons. The van der Waals surface area contributed by atoms with E-state index in [0.717, 1.165) is 0 Å². The Balaban J connectivity index is 2.83. The topological polar surface area (TPSA) is 26.3 Å². The second-order valence-electron chi connectivity index (χ2n) is 3.44. The number of rotatable bonds is 2. The molecule has 0 aliphatic carbocycles. The first-order valence-electron chi connectivity index (χ1n) is 4.17. The van der Waals surface area contributed by atoms with Crippen molar-refractivity contribution in [3.05, 3.63) is 28.2 Å². The van der Waals surface area contributed by atoms with E-state index in [9.17, 15) is 4.79 Å². The van der Waals surface area contributed by atoms with E-state index in [0.29, 0.717) is 15.8 Å². The van der Waals surface area contributed by atoms with Gasteiger partial charge < -0.3 is 4.74 Å². The third-order valence-electron chi connectivity index (χ3n) is 1.59. The van der Waals surface area contributed by atoms with Gasteiger partial charge >= 0.3 is 5.97 Å². The van der Waals surface area contributed by atoms with E-state index in [4.69, 9.17) is 39.5 Å². The molecule has 15 heavy (non-hydrogen) atoms. The third-order valence-corrected chi connectivity index (χ3v) is 2.48. The van der Waals surface area contributed by atoms with Gasteiger partial charge in [-0.05, 0) is 26.0 Å². The summed E-state index contributed by atoms with van der Waals surface area (Å²) in [5, 5.41) is 0.732. The van der Waals surface area contributed by atoms with Gasteiger partial charge in [-0.3, -0.25) is 0 Å². The van der Waals surface area contributed by atoms with E-state index < -0.39 is 10.8 Å². The van der Waals surface area contributed by atoms with Crippen LogP contribution >= 0.6 is 34.8 Å². The predicted octanol–water partition coefficient (Wildman–Crippen LogP) is 3.92. The molecule has 5 heteroatoms. The summed E-state index contributed by atoms with van der Waals surface area (Å²) in [5.74, 6) is -0.217. The predicted molar refractivity (Wildman–Crippen MR) is 62.0 cm³/mol. The maximum Gasteiger partial charge on any atom is 0.332 e. The maximum absolute atomic E-state index is 11.4. The van der Waals surface area contributed by atoms with Crippen LogP contribution in [0.25, 0.3) is 0 Å². The summed E-state index contributed by atoms with van der Waals surface area (Å²) in [6.07, 6.45) is 0. The van der Waals surface area contributed by atoms with E-state index in [-0.39, 0.29) is 0 Å². The van der Waals surface area contributed by atoms with Gasteiger partial charge in [-0.2, -0.15) is 0 Å². The van der Waals surface area contributed by atoms with Gasteiger partial charge in [0.05, 0.1) is 10.0 Å². The van der Waals surface area contributed by atoms with Crippen molar-refractivity contribution in [2.75, 3.05) is 0 Å². The Kier molecular flexibility index (Phi) is 3.87. The summed E-state index contributed by atoms with van der Waals surface area (Å²) in [6.45, 7) is 3.10. The summed E-state index contributed by atoms with van der Waals surface area (Å²) in [5.41, 5.74) is 0. The number of carbonyl (C=O) groups is 1. The molecule has 0 aliphatic rings. The lowest BCUT2D eigenvalue weighted by atomic mass is 10.2. The largest absolute Gasteiger partial charge is 0.425 e. The number of ether oxygens (including phenoxy) is 1. The van der Waals surface area contributed by atoms with Gasteiger partial charge in [-0.15, -0.1) is 11.6 Å². The lowest BCUT2D eigenvalue weighted by molar-refractivity contribution is -0.136. The van der Waals surface area contributed by atoms with Gasteiger partial charge in [0.15, 0.2) is 0 Å². The Hall–Kier alpha value is -0.440. The molecular weight excluding hydrogens is 258 g/mol. The van der Waals surface area contributed by atoms with Crippen molar-refractivity contribution in [1.29, 1.82) is 0 Å². The fourth-order valence-electron chi connectivity index (χ4n) is 0.769. The molecule has 0 N–H and O–H groups in total. The first kappa shape index (κ1) is 12.6. The molecule has 0 heterocycles. The summed E-state index contributed by atoms with van der Waals surface area (Å²) < 4.78 is 5.00. The third kappa shape index (κ3) is 3.56. The summed E-state index contributed by atoms with van der Waals surface area (Å²) in [6, 6.07) is 4.56. The smallest absolute Gasteiger partial charge is 0.332 e. The van der Waals surface area contributed by atoms with E-state index in [2.05, 4.69) is 0 Å². The molecular formula is C10H9Cl3O2. The molecule has 0 aromatic heterocycles. The minimum absolute atomic E-state index is 0.322. The number of hydrogen-bond donors (Lipinski definition) is 0. The Morgan fingerprint density at radius 3 is 2.33 bits per heavy atom. The molecule has 1 aromatic carbocycles. The zero-order valence-corrected chi connectivity index (χ0v) is 10.5. The highest BCUT2D eigenvalue weighted by atomic mass is 35.5. The van der Waals surface area contributed by atoms with Gasteiger partial charge in [-0.25, -0.2) is 4.79 Å². The zero-order chi connectivity index (χ0) is 11.6. The molecule has 0 unspecified atom stereocenters. The number of benzene rings is 1. The van der Waals surface area contributed by atoms with Crippen molar-refractivity contribution in [1.82, 2.24) is 0 Å². The standard InChI is InChI=1S/C10H9Cl3O2/c1-10(2,13)9(14)15-6-3-4-7(11)8(12)5-6/h3-5H,1-2H3. The Morgan fingerprint density at radius 2 is 1.87 bits per heavy atom. The SMILES string of the molecule is CC(C)(Cl)C(=O)Oc1ccc(Cl)c(Cl)c1. The summed E-state index contributed by atoms with van der Waals surface area (Å²) >= 11 is 17.2. The highest BCUT2D eigenvalue weighted by Gasteiger charge is 2.26. The second-order valence-corrected chi connectivity index (χ2v) is 5.20. The normalized spacial score (nSPS) is 11.3. The molecule has 1 aromatic rings. The first-order valence-corrected chi connectivity index (χ1v) is 5.30. The van der Waals surface area contributed by atoms with Crippen LogP contribution in [0.4, 0.5) is 0 Å². The average molecular weight is 268 g/mol.